The van der Waals surface area contributed by atoms with E-state index in [0.717, 1.165) is 5.56 Å². The zero-order chi connectivity index (χ0) is 15.4. The second kappa shape index (κ2) is 6.06. The molecule has 21 heavy (non-hydrogen) atoms. The summed E-state index contributed by atoms with van der Waals surface area (Å²) in [6.07, 6.45) is 1.55. The molecule has 0 spiro atoms. The first kappa shape index (κ1) is 14.5. The van der Waals surface area contributed by atoms with Gasteiger partial charge in [-0.3, -0.25) is 4.79 Å². The molecule has 0 saturated carbocycles. The Hall–Kier alpha value is -2.86. The Morgan fingerprint density at radius 2 is 1.71 bits per heavy atom. The van der Waals surface area contributed by atoms with Crippen molar-refractivity contribution in [2.75, 3.05) is 0 Å². The van der Waals surface area contributed by atoms with Crippen molar-refractivity contribution in [3.05, 3.63) is 70.3 Å². The predicted octanol–water partition coefficient (Wildman–Crippen LogP) is 3.80. The second-order valence-corrected chi connectivity index (χ2v) is 4.87. The summed E-state index contributed by atoms with van der Waals surface area (Å²) in [7, 11) is 0. The van der Waals surface area contributed by atoms with Gasteiger partial charge in [0.05, 0.1) is 0 Å². The van der Waals surface area contributed by atoms with Crippen molar-refractivity contribution in [2.24, 2.45) is 0 Å². The predicted molar refractivity (Wildman–Crippen MR) is 81.9 cm³/mol. The van der Waals surface area contributed by atoms with Crippen LogP contribution in [0.5, 0.6) is 5.75 Å². The van der Waals surface area contributed by atoms with E-state index >= 15 is 0 Å². The molecule has 0 aliphatic heterocycles. The van der Waals surface area contributed by atoms with Gasteiger partial charge in [0.1, 0.15) is 17.4 Å². The van der Waals surface area contributed by atoms with Gasteiger partial charge in [0.15, 0.2) is 0 Å². The number of ketones is 1. The molecule has 0 bridgehead atoms. The molecular weight excluding hydrogens is 262 g/mol. The van der Waals surface area contributed by atoms with Crippen LogP contribution in [0.2, 0.25) is 0 Å². The third-order valence-electron chi connectivity index (χ3n) is 3.23. The summed E-state index contributed by atoms with van der Waals surface area (Å²) < 4.78 is 0. The number of hydrogen-bond acceptors (Lipinski definition) is 3. The van der Waals surface area contributed by atoms with Crippen molar-refractivity contribution in [3.63, 3.8) is 0 Å². The van der Waals surface area contributed by atoms with Gasteiger partial charge in [-0.15, -0.1) is 0 Å². The Kier molecular flexibility index (Phi) is 4.20. The van der Waals surface area contributed by atoms with Crippen LogP contribution in [0.4, 0.5) is 0 Å². The Balaban J connectivity index is 2.43. The fourth-order valence-corrected chi connectivity index (χ4v) is 2.13. The number of phenols is 1. The molecule has 0 aliphatic carbocycles. The van der Waals surface area contributed by atoms with Crippen molar-refractivity contribution in [1.29, 1.82) is 5.26 Å². The zero-order valence-electron chi connectivity index (χ0n) is 11.9. The highest BCUT2D eigenvalue weighted by molar-refractivity contribution is 6.14. The van der Waals surface area contributed by atoms with Crippen molar-refractivity contribution < 1.29 is 9.90 Å². The number of rotatable bonds is 3. The standard InChI is InChI=1S/C18H15NO2/c1-12-8-14(9-13(2)17(12)20)10-16(11-19)18(21)15-6-4-3-5-7-15/h3-10,20H,1-2H3. The molecule has 3 nitrogen and oxygen atoms in total. The minimum atomic E-state index is -0.304. The van der Waals surface area contributed by atoms with E-state index in [0.29, 0.717) is 16.7 Å². The van der Waals surface area contributed by atoms with Crippen molar-refractivity contribution in [1.82, 2.24) is 0 Å². The van der Waals surface area contributed by atoms with E-state index < -0.39 is 0 Å². The molecule has 0 fully saturated rings. The number of aryl methyl sites for hydroxylation is 2. The van der Waals surface area contributed by atoms with Crippen LogP contribution in [-0.4, -0.2) is 10.9 Å². The number of Topliss-reactive ketones (excluding diaryl/α,β-unsaturated/α-hetero) is 1. The normalized spacial score (nSPS) is 11.0. The molecule has 2 aromatic rings. The van der Waals surface area contributed by atoms with Gasteiger partial charge in [-0.2, -0.15) is 5.26 Å². The number of carbonyl (C=O) groups excluding carboxylic acids is 1. The second-order valence-electron chi connectivity index (χ2n) is 4.87. The van der Waals surface area contributed by atoms with Gasteiger partial charge < -0.3 is 5.11 Å². The summed E-state index contributed by atoms with van der Waals surface area (Å²) in [4.78, 5) is 12.3. The molecule has 2 rings (SSSR count). The van der Waals surface area contributed by atoms with Gasteiger partial charge in [0.25, 0.3) is 0 Å². The van der Waals surface area contributed by atoms with Gasteiger partial charge in [-0.1, -0.05) is 30.3 Å². The molecule has 2 aromatic carbocycles. The Morgan fingerprint density at radius 1 is 1.14 bits per heavy atom. The summed E-state index contributed by atoms with van der Waals surface area (Å²) in [5, 5.41) is 19.0. The van der Waals surface area contributed by atoms with Crippen LogP contribution < -0.4 is 0 Å². The van der Waals surface area contributed by atoms with Gasteiger partial charge >= 0.3 is 0 Å². The Labute approximate surface area is 123 Å². The Bertz CT molecular complexity index is 730. The summed E-state index contributed by atoms with van der Waals surface area (Å²) in [6.45, 7) is 3.56. The van der Waals surface area contributed by atoms with Crippen LogP contribution in [0.25, 0.3) is 6.08 Å². The van der Waals surface area contributed by atoms with Crippen LogP contribution in [-0.2, 0) is 0 Å². The smallest absolute Gasteiger partial charge is 0.203 e. The third kappa shape index (κ3) is 3.18. The van der Waals surface area contributed by atoms with Crippen LogP contribution >= 0.6 is 0 Å². The molecule has 0 unspecified atom stereocenters. The lowest BCUT2D eigenvalue weighted by atomic mass is 9.99. The van der Waals surface area contributed by atoms with Gasteiger partial charge in [-0.25, -0.2) is 0 Å². The zero-order valence-corrected chi connectivity index (χ0v) is 11.9. The van der Waals surface area contributed by atoms with Crippen LogP contribution in [0.1, 0.15) is 27.0 Å². The van der Waals surface area contributed by atoms with Gasteiger partial charge in [0.2, 0.25) is 5.78 Å². The SMILES string of the molecule is Cc1cc(C=C(C#N)C(=O)c2ccccc2)cc(C)c1O. The van der Waals surface area contributed by atoms with E-state index in [-0.39, 0.29) is 17.1 Å². The molecule has 0 saturated heterocycles. The summed E-state index contributed by atoms with van der Waals surface area (Å²) >= 11 is 0. The molecule has 104 valence electrons. The molecule has 0 aliphatic rings. The van der Waals surface area contributed by atoms with Crippen LogP contribution in [0, 0.1) is 25.2 Å². The van der Waals surface area contributed by atoms with Gasteiger partial charge in [0, 0.05) is 5.56 Å². The molecular formula is C18H15NO2. The number of phenolic OH excluding ortho intramolecular Hbond substituents is 1. The van der Waals surface area contributed by atoms with Gasteiger partial charge in [-0.05, 0) is 48.7 Å². The lowest BCUT2D eigenvalue weighted by molar-refractivity contribution is 0.104. The first-order chi connectivity index (χ1) is 10.0. The lowest BCUT2D eigenvalue weighted by Crippen LogP contribution is -2.01. The number of benzene rings is 2. The van der Waals surface area contributed by atoms with Crippen LogP contribution in [0.15, 0.2) is 48.0 Å². The first-order valence-electron chi connectivity index (χ1n) is 6.54. The number of allylic oxidation sites excluding steroid dienone is 1. The summed E-state index contributed by atoms with van der Waals surface area (Å²) in [6, 6.07) is 14.2. The van der Waals surface area contributed by atoms with Crippen LogP contribution in [0.3, 0.4) is 0 Å². The minimum Gasteiger partial charge on any atom is -0.507 e. The maximum atomic E-state index is 12.3. The maximum Gasteiger partial charge on any atom is 0.203 e. The number of nitriles is 1. The molecule has 0 aromatic heterocycles. The molecule has 3 heteroatoms. The maximum absolute atomic E-state index is 12.3. The average molecular weight is 277 g/mol. The monoisotopic (exact) mass is 277 g/mol. The number of nitrogens with zero attached hydrogens (tertiary/aromatic N) is 1. The third-order valence-corrected chi connectivity index (χ3v) is 3.23. The minimum absolute atomic E-state index is 0.0747. The van der Waals surface area contributed by atoms with E-state index in [1.807, 2.05) is 12.1 Å². The quantitative estimate of drug-likeness (QED) is 0.527. The highest BCUT2D eigenvalue weighted by Gasteiger charge is 2.12. The number of carbonyl (C=O) groups is 1. The van der Waals surface area contributed by atoms with E-state index in [9.17, 15) is 15.2 Å². The summed E-state index contributed by atoms with van der Waals surface area (Å²) in [5.41, 5.74) is 2.71. The largest absolute Gasteiger partial charge is 0.507 e. The van der Waals surface area contributed by atoms with E-state index in [4.69, 9.17) is 0 Å². The van der Waals surface area contributed by atoms with E-state index in [2.05, 4.69) is 0 Å². The first-order valence-corrected chi connectivity index (χ1v) is 6.54. The highest BCUT2D eigenvalue weighted by atomic mass is 16.3. The van der Waals surface area contributed by atoms with Crippen molar-refractivity contribution >= 4 is 11.9 Å². The van der Waals surface area contributed by atoms with Crippen molar-refractivity contribution in [2.45, 2.75) is 13.8 Å². The fourth-order valence-electron chi connectivity index (χ4n) is 2.13. The average Bonchev–Trinajstić information content (AvgIpc) is 2.50. The van der Waals surface area contributed by atoms with E-state index in [1.165, 1.54) is 0 Å². The molecule has 0 heterocycles. The Morgan fingerprint density at radius 3 is 2.24 bits per heavy atom. The number of aromatic hydroxyl groups is 1. The lowest BCUT2D eigenvalue weighted by Gasteiger charge is -2.05. The van der Waals surface area contributed by atoms with Crippen molar-refractivity contribution in [3.8, 4) is 11.8 Å². The fraction of sp³-hybridized carbons (Fsp3) is 0.111. The summed E-state index contributed by atoms with van der Waals surface area (Å²) in [5.74, 6) is -0.0680. The molecule has 0 atom stereocenters. The topological polar surface area (TPSA) is 61.1 Å². The molecule has 1 N–H and O–H groups in total. The van der Waals surface area contributed by atoms with E-state index in [1.54, 1.807) is 56.3 Å². The molecule has 0 radical (unpaired) electrons. The highest BCUT2D eigenvalue weighted by Crippen LogP contribution is 2.24. The molecule has 0 amide bonds. The number of hydrogen-bond donors (Lipinski definition) is 1.